The molecule has 0 heterocycles. The number of hydrogen-bond donors (Lipinski definition) is 2. The van der Waals surface area contributed by atoms with Gasteiger partial charge in [0, 0.05) is 6.54 Å². The first-order valence-corrected chi connectivity index (χ1v) is 7.10. The van der Waals surface area contributed by atoms with Crippen LogP contribution in [0.15, 0.2) is 0 Å². The highest BCUT2D eigenvalue weighted by atomic mass is 16.5. The van der Waals surface area contributed by atoms with E-state index in [0.29, 0.717) is 25.2 Å². The highest BCUT2D eigenvalue weighted by Crippen LogP contribution is 2.26. The molecule has 3 unspecified atom stereocenters. The lowest BCUT2D eigenvalue weighted by molar-refractivity contribution is -0.0847. The SMILES string of the molecule is CCCNCC(C)(O)COC1CCCCC1C. The van der Waals surface area contributed by atoms with Gasteiger partial charge in [0.25, 0.3) is 0 Å². The Labute approximate surface area is 106 Å². The van der Waals surface area contributed by atoms with Crippen LogP contribution in [0.5, 0.6) is 0 Å². The Morgan fingerprint density at radius 3 is 2.71 bits per heavy atom. The molecule has 3 heteroatoms. The van der Waals surface area contributed by atoms with E-state index in [2.05, 4.69) is 19.2 Å². The Kier molecular flexibility index (Phi) is 6.45. The van der Waals surface area contributed by atoms with Gasteiger partial charge in [-0.05, 0) is 38.6 Å². The van der Waals surface area contributed by atoms with E-state index in [1.807, 2.05) is 6.92 Å². The van der Waals surface area contributed by atoms with E-state index in [1.54, 1.807) is 0 Å². The maximum Gasteiger partial charge on any atom is 0.0975 e. The fourth-order valence-electron chi connectivity index (χ4n) is 2.40. The Balaban J connectivity index is 2.22. The zero-order valence-corrected chi connectivity index (χ0v) is 11.7. The summed E-state index contributed by atoms with van der Waals surface area (Å²) in [7, 11) is 0. The molecule has 102 valence electrons. The van der Waals surface area contributed by atoms with Crippen molar-refractivity contribution in [3.05, 3.63) is 0 Å². The molecule has 1 fully saturated rings. The maximum atomic E-state index is 10.2. The van der Waals surface area contributed by atoms with Gasteiger partial charge in [0.05, 0.1) is 18.3 Å². The van der Waals surface area contributed by atoms with Crippen LogP contribution in [0.2, 0.25) is 0 Å². The predicted octanol–water partition coefficient (Wildman–Crippen LogP) is 2.33. The summed E-state index contributed by atoms with van der Waals surface area (Å²) in [5.74, 6) is 0.642. The summed E-state index contributed by atoms with van der Waals surface area (Å²) in [5.41, 5.74) is -0.744. The van der Waals surface area contributed by atoms with Crippen LogP contribution >= 0.6 is 0 Å². The van der Waals surface area contributed by atoms with E-state index < -0.39 is 5.60 Å². The van der Waals surface area contributed by atoms with Gasteiger partial charge in [-0.2, -0.15) is 0 Å². The molecular weight excluding hydrogens is 214 g/mol. The molecule has 1 saturated carbocycles. The number of hydrogen-bond acceptors (Lipinski definition) is 3. The van der Waals surface area contributed by atoms with E-state index >= 15 is 0 Å². The lowest BCUT2D eigenvalue weighted by Gasteiger charge is -2.32. The zero-order chi connectivity index (χ0) is 12.7. The standard InChI is InChI=1S/C14H29NO2/c1-4-9-15-10-14(3,16)11-17-13-8-6-5-7-12(13)2/h12-13,15-16H,4-11H2,1-3H3. The first kappa shape index (κ1) is 14.9. The number of aliphatic hydroxyl groups is 1. The fourth-order valence-corrected chi connectivity index (χ4v) is 2.40. The summed E-state index contributed by atoms with van der Waals surface area (Å²) in [6.07, 6.45) is 6.46. The summed E-state index contributed by atoms with van der Waals surface area (Å²) in [4.78, 5) is 0. The van der Waals surface area contributed by atoms with Gasteiger partial charge >= 0.3 is 0 Å². The van der Waals surface area contributed by atoms with Crippen LogP contribution < -0.4 is 5.32 Å². The van der Waals surface area contributed by atoms with E-state index in [0.717, 1.165) is 19.4 Å². The molecule has 1 aliphatic rings. The molecule has 0 bridgehead atoms. The molecule has 1 rings (SSSR count). The number of ether oxygens (including phenoxy) is 1. The molecule has 0 spiro atoms. The van der Waals surface area contributed by atoms with Crippen LogP contribution in [-0.4, -0.2) is 36.5 Å². The Morgan fingerprint density at radius 1 is 1.35 bits per heavy atom. The van der Waals surface area contributed by atoms with Crippen molar-refractivity contribution < 1.29 is 9.84 Å². The molecule has 1 aliphatic carbocycles. The number of rotatable bonds is 7. The van der Waals surface area contributed by atoms with Gasteiger partial charge in [-0.25, -0.2) is 0 Å². The molecule has 3 nitrogen and oxygen atoms in total. The highest BCUT2D eigenvalue weighted by molar-refractivity contribution is 4.78. The molecule has 0 saturated heterocycles. The number of nitrogens with one attached hydrogen (secondary N) is 1. The summed E-state index contributed by atoms with van der Waals surface area (Å²) >= 11 is 0. The van der Waals surface area contributed by atoms with Gasteiger partial charge in [-0.15, -0.1) is 0 Å². The Hall–Kier alpha value is -0.120. The van der Waals surface area contributed by atoms with Crippen LogP contribution in [0.4, 0.5) is 0 Å². The monoisotopic (exact) mass is 243 g/mol. The van der Waals surface area contributed by atoms with Crippen LogP contribution in [0.25, 0.3) is 0 Å². The van der Waals surface area contributed by atoms with Crippen molar-refractivity contribution in [2.45, 2.75) is 64.6 Å². The molecule has 0 aromatic rings. The third kappa shape index (κ3) is 5.84. The predicted molar refractivity (Wildman–Crippen MR) is 71.2 cm³/mol. The lowest BCUT2D eigenvalue weighted by Crippen LogP contribution is -2.44. The molecule has 0 aromatic heterocycles. The van der Waals surface area contributed by atoms with Crippen LogP contribution in [-0.2, 0) is 4.74 Å². The lowest BCUT2D eigenvalue weighted by atomic mass is 9.88. The van der Waals surface area contributed by atoms with Crippen molar-refractivity contribution in [2.75, 3.05) is 19.7 Å². The second-order valence-electron chi connectivity index (χ2n) is 5.78. The van der Waals surface area contributed by atoms with Gasteiger partial charge in [0.1, 0.15) is 0 Å². The minimum Gasteiger partial charge on any atom is -0.386 e. The van der Waals surface area contributed by atoms with Gasteiger partial charge in [0.2, 0.25) is 0 Å². The summed E-state index contributed by atoms with van der Waals surface area (Å²) < 4.78 is 5.90. The van der Waals surface area contributed by atoms with Crippen molar-refractivity contribution >= 4 is 0 Å². The second kappa shape index (κ2) is 7.34. The minimum absolute atomic E-state index is 0.349. The second-order valence-corrected chi connectivity index (χ2v) is 5.78. The maximum absolute atomic E-state index is 10.2. The van der Waals surface area contributed by atoms with Gasteiger partial charge in [-0.1, -0.05) is 26.7 Å². The molecular formula is C14H29NO2. The van der Waals surface area contributed by atoms with Crippen LogP contribution in [0.3, 0.4) is 0 Å². The summed E-state index contributed by atoms with van der Waals surface area (Å²) in [5, 5.41) is 13.4. The molecule has 0 radical (unpaired) electrons. The molecule has 0 aromatic carbocycles. The van der Waals surface area contributed by atoms with Gasteiger partial charge in [0.15, 0.2) is 0 Å². The van der Waals surface area contributed by atoms with Crippen molar-refractivity contribution in [3.8, 4) is 0 Å². The van der Waals surface area contributed by atoms with E-state index in [1.165, 1.54) is 19.3 Å². The van der Waals surface area contributed by atoms with E-state index in [4.69, 9.17) is 4.74 Å². The van der Waals surface area contributed by atoms with Crippen LogP contribution in [0, 0.1) is 5.92 Å². The molecule has 3 atom stereocenters. The minimum atomic E-state index is -0.744. The van der Waals surface area contributed by atoms with Crippen molar-refractivity contribution in [2.24, 2.45) is 5.92 Å². The van der Waals surface area contributed by atoms with Crippen LogP contribution in [0.1, 0.15) is 52.9 Å². The largest absolute Gasteiger partial charge is 0.386 e. The Bertz CT molecular complexity index is 206. The molecule has 0 aliphatic heterocycles. The first-order chi connectivity index (χ1) is 8.05. The third-order valence-corrected chi connectivity index (χ3v) is 3.57. The topological polar surface area (TPSA) is 41.5 Å². The smallest absolute Gasteiger partial charge is 0.0975 e. The molecule has 17 heavy (non-hydrogen) atoms. The van der Waals surface area contributed by atoms with Gasteiger partial charge < -0.3 is 15.2 Å². The van der Waals surface area contributed by atoms with Crippen molar-refractivity contribution in [1.29, 1.82) is 0 Å². The average molecular weight is 243 g/mol. The third-order valence-electron chi connectivity index (χ3n) is 3.57. The van der Waals surface area contributed by atoms with Crippen molar-refractivity contribution in [3.63, 3.8) is 0 Å². The summed E-state index contributed by atoms with van der Waals surface area (Å²) in [6.45, 7) is 8.25. The average Bonchev–Trinajstić information content (AvgIpc) is 2.28. The van der Waals surface area contributed by atoms with E-state index in [9.17, 15) is 5.11 Å². The quantitative estimate of drug-likeness (QED) is 0.674. The fraction of sp³-hybridized carbons (Fsp3) is 1.00. The first-order valence-electron chi connectivity index (χ1n) is 7.10. The van der Waals surface area contributed by atoms with Gasteiger partial charge in [-0.3, -0.25) is 0 Å². The Morgan fingerprint density at radius 2 is 2.06 bits per heavy atom. The molecule has 0 amide bonds. The summed E-state index contributed by atoms with van der Waals surface area (Å²) in [6, 6.07) is 0. The molecule has 2 N–H and O–H groups in total. The normalized spacial score (nSPS) is 28.9. The van der Waals surface area contributed by atoms with E-state index in [-0.39, 0.29) is 0 Å². The van der Waals surface area contributed by atoms with Crippen molar-refractivity contribution in [1.82, 2.24) is 5.32 Å². The highest BCUT2D eigenvalue weighted by Gasteiger charge is 2.26. The zero-order valence-electron chi connectivity index (χ0n) is 11.7.